The predicted molar refractivity (Wildman–Crippen MR) is 391 cm³/mol. The molecule has 8 aromatic carbocycles. The molecule has 14 rings (SSSR count). The number of carbonyl (C=O) groups is 9. The average Bonchev–Trinajstić information content (AvgIpc) is 1.63. The molecule has 3 aromatic heterocycles. The Labute approximate surface area is 626 Å². The Balaban J connectivity index is 0.000000147. The number of para-hydroxylation sites is 3. The highest BCUT2D eigenvalue weighted by Crippen LogP contribution is 2.36. The number of hydrogen-bond donors (Lipinski definition) is 6. The summed E-state index contributed by atoms with van der Waals surface area (Å²) < 4.78 is 10.4. The summed E-state index contributed by atoms with van der Waals surface area (Å²) in [5.41, 5.74) is 7.83. The third-order valence-electron chi connectivity index (χ3n) is 14.8. The summed E-state index contributed by atoms with van der Waals surface area (Å²) in [4.78, 5) is 109. The highest BCUT2D eigenvalue weighted by Gasteiger charge is 2.39. The van der Waals surface area contributed by atoms with Gasteiger partial charge in [-0.1, -0.05) is 196 Å². The molecule has 0 saturated carbocycles. The monoisotopic (exact) mass is 1560 g/mol. The van der Waals surface area contributed by atoms with E-state index >= 15 is 0 Å². The van der Waals surface area contributed by atoms with Gasteiger partial charge in [-0.05, 0) is 108 Å². The number of aliphatic imine (C=N–C) groups is 1. The first kappa shape index (κ1) is 76.6. The molecule has 32 heteroatoms. The summed E-state index contributed by atoms with van der Waals surface area (Å²) in [5.74, 6) is -5.76. The minimum atomic E-state index is -1.20. The van der Waals surface area contributed by atoms with Gasteiger partial charge in [0.25, 0.3) is 17.1 Å². The zero-order chi connectivity index (χ0) is 74.5. The molecule has 522 valence electrons. The number of aromatic amines is 2. The van der Waals surface area contributed by atoms with E-state index in [9.17, 15) is 53.4 Å². The van der Waals surface area contributed by atoms with Crippen LogP contribution in [-0.4, -0.2) is 129 Å². The lowest BCUT2D eigenvalue weighted by atomic mass is 9.96. The highest BCUT2D eigenvalue weighted by atomic mass is 35.5. The predicted octanol–water partition coefficient (Wildman–Crippen LogP) is 16.4. The Hall–Kier alpha value is -10.5. The Morgan fingerprint density at radius 2 is 0.951 bits per heavy atom. The number of ketones is 1. The van der Waals surface area contributed by atoms with Crippen LogP contribution in [0.4, 0.5) is 0 Å². The van der Waals surface area contributed by atoms with E-state index in [2.05, 4.69) is 40.6 Å². The van der Waals surface area contributed by atoms with Crippen LogP contribution in [0.1, 0.15) is 90.1 Å². The van der Waals surface area contributed by atoms with Crippen molar-refractivity contribution < 1.29 is 67.9 Å². The molecule has 6 N–H and O–H groups in total. The number of H-pyrrole nitrogens is 2. The van der Waals surface area contributed by atoms with Crippen LogP contribution in [0.2, 0.25) is 40.2 Å². The van der Waals surface area contributed by atoms with Crippen molar-refractivity contribution in [1.29, 1.82) is 0 Å². The fourth-order valence-corrected chi connectivity index (χ4v) is 12.2. The number of nitrogens with one attached hydrogen (secondary N) is 3. The number of benzene rings is 8. The first-order valence-electron chi connectivity index (χ1n) is 29.4. The number of carboxylic acids is 3. The number of methoxy groups -OCH3 is 2. The van der Waals surface area contributed by atoms with Gasteiger partial charge in [-0.25, -0.2) is 34.4 Å². The number of rotatable bonds is 10. The van der Waals surface area contributed by atoms with Gasteiger partial charge in [-0.3, -0.25) is 34.4 Å². The van der Waals surface area contributed by atoms with E-state index in [1.165, 1.54) is 68.8 Å². The van der Waals surface area contributed by atoms with Crippen LogP contribution in [0.5, 0.6) is 0 Å². The number of carbonyl (C=O) groups excluding carboxylic acids is 6. The normalized spacial score (nSPS) is 13.5. The second kappa shape index (κ2) is 34.4. The van der Waals surface area contributed by atoms with Gasteiger partial charge in [-0.2, -0.15) is 20.0 Å². The molecule has 1 aliphatic carbocycles. The number of aromatic nitrogens is 6. The van der Waals surface area contributed by atoms with Gasteiger partial charge in [0.05, 0.1) is 73.6 Å². The van der Waals surface area contributed by atoms with E-state index in [1.807, 2.05) is 30.3 Å². The largest absolute Gasteiger partial charge is 0.477 e. The van der Waals surface area contributed by atoms with E-state index in [1.54, 1.807) is 109 Å². The fraction of sp³-hybridized carbons (Fsp3) is 0.0563. The van der Waals surface area contributed by atoms with Crippen LogP contribution < -0.4 is 5.43 Å². The number of esters is 2. The molecule has 0 bridgehead atoms. The van der Waals surface area contributed by atoms with Crippen LogP contribution >= 0.6 is 104 Å². The molecule has 2 aliphatic heterocycles. The average molecular weight is 1570 g/mol. The summed E-state index contributed by atoms with van der Waals surface area (Å²) in [6.07, 6.45) is 6.94. The SMILES string of the molecule is COC(=O)C1=NC(C(=O)c2ccc(Cl)cc2Cl)c2ccccc21.COC(=O)c1n[nH]c2ccccc12.O=C(Cl)c1ccc(Cl)cc1Cl.O=C(O)C1=C2C=CC=CC2NN1C(=O)c1ccc(Cl)cc1Cl.O=C(O)c1n[nH]c2ccccc12.O=C(O)c1nn(C(=O)c2ccc(Cl)cc2Cl)c2ccccc12. The van der Waals surface area contributed by atoms with Gasteiger partial charge in [-0.15, -0.1) is 0 Å². The van der Waals surface area contributed by atoms with Crippen molar-refractivity contribution >= 4 is 196 Å². The molecule has 2 unspecified atom stereocenters. The number of hydrogen-bond acceptors (Lipinski definition) is 16. The number of aromatic carboxylic acids is 2. The van der Waals surface area contributed by atoms with Gasteiger partial charge in [0.2, 0.25) is 0 Å². The Kier molecular flexibility index (Phi) is 25.6. The van der Waals surface area contributed by atoms with E-state index in [-0.39, 0.29) is 71.4 Å². The minimum absolute atomic E-state index is 0.0746. The third-order valence-corrected chi connectivity index (χ3v) is 17.2. The molecule has 2 atom stereocenters. The summed E-state index contributed by atoms with van der Waals surface area (Å²) in [6, 6.07) is 45.1. The zero-order valence-corrected chi connectivity index (χ0v) is 59.4. The Bertz CT molecular complexity index is 5360. The molecule has 103 heavy (non-hydrogen) atoms. The summed E-state index contributed by atoms with van der Waals surface area (Å²) in [7, 11) is 2.62. The number of allylic oxidation sites excluding steroid dienone is 2. The molecular weight excluding hydrogens is 1520 g/mol. The lowest BCUT2D eigenvalue weighted by molar-refractivity contribution is -0.134. The molecule has 0 radical (unpaired) electrons. The van der Waals surface area contributed by atoms with Crippen molar-refractivity contribution in [3.05, 3.63) is 296 Å². The van der Waals surface area contributed by atoms with Crippen molar-refractivity contribution in [2.24, 2.45) is 4.99 Å². The van der Waals surface area contributed by atoms with Gasteiger partial charge in [0.1, 0.15) is 6.04 Å². The van der Waals surface area contributed by atoms with Crippen LogP contribution in [-0.2, 0) is 19.1 Å². The number of halogens is 9. The van der Waals surface area contributed by atoms with Crippen LogP contribution in [0.15, 0.2) is 210 Å². The van der Waals surface area contributed by atoms with Gasteiger partial charge >= 0.3 is 29.8 Å². The zero-order valence-electron chi connectivity index (χ0n) is 52.5. The topological polar surface area (TPSA) is 336 Å². The summed E-state index contributed by atoms with van der Waals surface area (Å²) >= 11 is 52.1. The number of ether oxygens (including phenoxy) is 2. The van der Waals surface area contributed by atoms with Gasteiger partial charge in [0, 0.05) is 52.9 Å². The molecule has 0 saturated heterocycles. The lowest BCUT2D eigenvalue weighted by Crippen LogP contribution is -2.42. The van der Waals surface area contributed by atoms with Crippen LogP contribution in [0.25, 0.3) is 32.7 Å². The molecule has 5 heterocycles. The Morgan fingerprint density at radius 1 is 0.485 bits per heavy atom. The Morgan fingerprint density at radius 3 is 1.47 bits per heavy atom. The maximum atomic E-state index is 12.8. The number of carboxylic acid groups (broad SMARTS) is 3. The van der Waals surface area contributed by atoms with Crippen molar-refractivity contribution in [3.8, 4) is 0 Å². The molecule has 1 amide bonds. The van der Waals surface area contributed by atoms with E-state index in [4.69, 9.17) is 114 Å². The van der Waals surface area contributed by atoms with Crippen LogP contribution in [0, 0.1) is 0 Å². The smallest absolute Gasteiger partial charge is 0.359 e. The maximum Gasteiger partial charge on any atom is 0.359 e. The fourth-order valence-electron chi connectivity index (χ4n) is 10.0. The standard InChI is InChI=1S/C17H11Cl2NO3.C15H8Cl2N2O3.C15H10Cl2N2O3.C9H8N2O2.C8H6N2O2.C7H3Cl3O/c1-23-17(22)15-11-5-3-2-4-10(11)14(20-15)16(21)12-7-6-9(18)8-13(12)19;16-8-5-6-9(11(17)7-8)14(20)19-12-4-2-1-3-10(12)13(18-19)15(21)22;16-8-5-6-9(11(17)7-8)14(20)19-13(15(21)22)10-3-1-2-4-12(10)18-19;1-13-9(12)8-6-4-2-3-5-7(6)10-11-8;11-8(12)7-5-3-1-2-4-6(5)9-10-7;8-4-1-2-5(7(10)11)6(9)3-4/h2-8,14H,1H3;1-7H,(H,21,22);1-7,12,18H,(H,21,22);2-5H,1H3,(H,10,11);1-4H,(H,9,10)(H,11,12);1-3H. The quantitative estimate of drug-likeness (QED) is 0.0421. The van der Waals surface area contributed by atoms with Crippen LogP contribution in [0.3, 0.4) is 0 Å². The summed E-state index contributed by atoms with van der Waals surface area (Å²) in [5, 5.41) is 49.0. The number of fused-ring (bicyclic) bond motifs is 5. The van der Waals surface area contributed by atoms with Gasteiger partial charge < -0.3 is 24.8 Å². The lowest BCUT2D eigenvalue weighted by Gasteiger charge is -2.20. The second-order valence-electron chi connectivity index (χ2n) is 21.1. The van der Waals surface area contributed by atoms with Crippen molar-refractivity contribution in [2.45, 2.75) is 12.1 Å². The summed E-state index contributed by atoms with van der Waals surface area (Å²) in [6.45, 7) is 0. The number of Topliss-reactive ketones (excluding diaryl/α,β-unsaturated/α-hetero) is 1. The second-order valence-corrected chi connectivity index (χ2v) is 24.8. The molecule has 0 spiro atoms. The van der Waals surface area contributed by atoms with Gasteiger partial charge in [0.15, 0.2) is 34.3 Å². The van der Waals surface area contributed by atoms with E-state index < -0.39 is 52.9 Å². The molecular formula is C71H46Cl9N9O14. The number of hydrazine groups is 1. The molecule has 11 aromatic rings. The number of nitrogens with zero attached hydrogens (tertiary/aromatic N) is 6. The molecule has 3 aliphatic rings. The minimum Gasteiger partial charge on any atom is -0.477 e. The van der Waals surface area contributed by atoms with Crippen molar-refractivity contribution in [2.75, 3.05) is 14.2 Å². The molecule has 23 nitrogen and oxygen atoms in total. The number of amides is 1. The van der Waals surface area contributed by atoms with Crippen molar-refractivity contribution in [3.63, 3.8) is 0 Å². The highest BCUT2D eigenvalue weighted by molar-refractivity contribution is 6.68. The van der Waals surface area contributed by atoms with E-state index in [0.29, 0.717) is 64.3 Å². The first-order valence-corrected chi connectivity index (χ1v) is 32.8. The third kappa shape index (κ3) is 17.9. The first-order chi connectivity index (χ1) is 49.2. The van der Waals surface area contributed by atoms with Crippen molar-refractivity contribution in [1.82, 2.24) is 40.6 Å². The molecule has 0 fully saturated rings. The van der Waals surface area contributed by atoms with E-state index in [0.717, 1.165) is 26.1 Å². The maximum absolute atomic E-state index is 12.8. The number of aliphatic carboxylic acids is 1.